The first kappa shape index (κ1) is 27.1. The van der Waals surface area contributed by atoms with Gasteiger partial charge in [0, 0.05) is 17.7 Å². The zero-order valence-electron chi connectivity index (χ0n) is 22.8. The summed E-state index contributed by atoms with van der Waals surface area (Å²) in [7, 11) is 0. The molecule has 0 aliphatic carbocycles. The molecule has 5 heteroatoms. The zero-order chi connectivity index (χ0) is 27.6. The van der Waals surface area contributed by atoms with Crippen molar-refractivity contribution in [1.82, 2.24) is 0 Å². The lowest BCUT2D eigenvalue weighted by molar-refractivity contribution is 0.233. The molecule has 0 bridgehead atoms. The lowest BCUT2D eigenvalue weighted by atomic mass is 10.1. The smallest absolute Gasteiger partial charge is 0.205 e. The second kappa shape index (κ2) is 13.5. The lowest BCUT2D eigenvalue weighted by Gasteiger charge is -2.19. The van der Waals surface area contributed by atoms with Gasteiger partial charge in [0.15, 0.2) is 16.9 Å². The second-order valence-electron chi connectivity index (χ2n) is 9.70. The van der Waals surface area contributed by atoms with Gasteiger partial charge in [0.2, 0.25) is 5.75 Å². The molecule has 0 atom stereocenters. The molecule has 0 saturated heterocycles. The van der Waals surface area contributed by atoms with Crippen LogP contribution >= 0.6 is 0 Å². The molecule has 5 nitrogen and oxygen atoms in total. The standard InChI is InChI=1S/C35H34O5/c1-2-3-4-14-21-37-32-23-31-33(29(36)22-30(40-31)28-19-12-7-13-20-28)35(39-25-27-17-10-6-11-18-27)34(32)38-24-26-15-8-5-9-16-26/h5-13,15-20,22-23H,2-4,14,21,24-25H2,1H3. The highest BCUT2D eigenvalue weighted by Gasteiger charge is 2.23. The van der Waals surface area contributed by atoms with Crippen molar-refractivity contribution in [2.24, 2.45) is 0 Å². The summed E-state index contributed by atoms with van der Waals surface area (Å²) in [6.07, 6.45) is 4.29. The van der Waals surface area contributed by atoms with Crippen LogP contribution < -0.4 is 19.6 Å². The minimum absolute atomic E-state index is 0.206. The summed E-state index contributed by atoms with van der Waals surface area (Å²) in [5.74, 6) is 1.71. The van der Waals surface area contributed by atoms with E-state index in [-0.39, 0.29) is 12.0 Å². The van der Waals surface area contributed by atoms with E-state index in [4.69, 9.17) is 18.6 Å². The SMILES string of the molecule is CCCCCCOc1cc2oc(-c3ccccc3)cc(=O)c2c(OCc2ccccc2)c1OCc1ccccc1. The molecule has 0 fully saturated rings. The number of rotatable bonds is 13. The third-order valence-corrected chi connectivity index (χ3v) is 6.66. The Morgan fingerprint density at radius 3 is 1.88 bits per heavy atom. The number of benzene rings is 4. The van der Waals surface area contributed by atoms with Gasteiger partial charge in [-0.2, -0.15) is 0 Å². The molecular weight excluding hydrogens is 500 g/mol. The molecule has 0 N–H and O–H groups in total. The topological polar surface area (TPSA) is 57.9 Å². The maximum Gasteiger partial charge on any atom is 0.205 e. The summed E-state index contributed by atoms with van der Waals surface area (Å²) in [5, 5.41) is 0.331. The summed E-state index contributed by atoms with van der Waals surface area (Å²) in [5.41, 5.74) is 2.98. The number of unbranched alkanes of at least 4 members (excludes halogenated alkanes) is 3. The van der Waals surface area contributed by atoms with E-state index in [1.807, 2.05) is 91.0 Å². The molecule has 1 heterocycles. The Morgan fingerprint density at radius 1 is 0.650 bits per heavy atom. The Labute approximate surface area is 235 Å². The molecule has 0 unspecified atom stereocenters. The molecule has 0 radical (unpaired) electrons. The van der Waals surface area contributed by atoms with Crippen molar-refractivity contribution in [2.45, 2.75) is 45.8 Å². The predicted molar refractivity (Wildman–Crippen MR) is 159 cm³/mol. The molecule has 5 aromatic rings. The Balaban J connectivity index is 1.60. The fourth-order valence-corrected chi connectivity index (χ4v) is 4.54. The lowest BCUT2D eigenvalue weighted by Crippen LogP contribution is -2.09. The van der Waals surface area contributed by atoms with Crippen molar-refractivity contribution in [3.05, 3.63) is 124 Å². The highest BCUT2D eigenvalue weighted by atomic mass is 16.5. The largest absolute Gasteiger partial charge is 0.489 e. The minimum atomic E-state index is -0.206. The minimum Gasteiger partial charge on any atom is -0.489 e. The van der Waals surface area contributed by atoms with Crippen molar-refractivity contribution in [2.75, 3.05) is 6.61 Å². The quantitative estimate of drug-likeness (QED) is 0.142. The van der Waals surface area contributed by atoms with Gasteiger partial charge < -0.3 is 18.6 Å². The molecule has 1 aromatic heterocycles. The Hall–Kier alpha value is -4.51. The van der Waals surface area contributed by atoms with Crippen LogP contribution in [-0.2, 0) is 13.2 Å². The summed E-state index contributed by atoms with van der Waals surface area (Å²) >= 11 is 0. The molecule has 5 rings (SSSR count). The van der Waals surface area contributed by atoms with Gasteiger partial charge in [-0.25, -0.2) is 0 Å². The molecule has 204 valence electrons. The molecule has 0 aliphatic heterocycles. The third kappa shape index (κ3) is 6.73. The van der Waals surface area contributed by atoms with Crippen molar-refractivity contribution < 1.29 is 18.6 Å². The van der Waals surface area contributed by atoms with E-state index in [9.17, 15) is 4.79 Å². The van der Waals surface area contributed by atoms with E-state index < -0.39 is 0 Å². The van der Waals surface area contributed by atoms with Crippen LogP contribution in [0.15, 0.2) is 112 Å². The third-order valence-electron chi connectivity index (χ3n) is 6.66. The monoisotopic (exact) mass is 534 g/mol. The normalized spacial score (nSPS) is 10.9. The highest BCUT2D eigenvalue weighted by Crippen LogP contribution is 2.44. The van der Waals surface area contributed by atoms with Crippen LogP contribution in [0.3, 0.4) is 0 Å². The van der Waals surface area contributed by atoms with Crippen molar-refractivity contribution in [1.29, 1.82) is 0 Å². The maximum absolute atomic E-state index is 13.6. The van der Waals surface area contributed by atoms with Crippen molar-refractivity contribution in [3.63, 3.8) is 0 Å². The first-order chi connectivity index (χ1) is 19.7. The summed E-state index contributed by atoms with van der Waals surface area (Å²) in [6, 6.07) is 32.6. The van der Waals surface area contributed by atoms with E-state index in [2.05, 4.69) is 6.92 Å². The van der Waals surface area contributed by atoms with Gasteiger partial charge in [-0.1, -0.05) is 117 Å². The molecular formula is C35H34O5. The van der Waals surface area contributed by atoms with Gasteiger partial charge in [-0.15, -0.1) is 0 Å². The zero-order valence-corrected chi connectivity index (χ0v) is 22.8. The van der Waals surface area contributed by atoms with Gasteiger partial charge in [-0.3, -0.25) is 4.79 Å². The van der Waals surface area contributed by atoms with E-state index in [1.165, 1.54) is 6.07 Å². The van der Waals surface area contributed by atoms with Crippen LogP contribution in [-0.4, -0.2) is 6.61 Å². The Bertz CT molecular complexity index is 1560. The van der Waals surface area contributed by atoms with Crippen LogP contribution in [0, 0.1) is 0 Å². The van der Waals surface area contributed by atoms with Gasteiger partial charge in [0.25, 0.3) is 0 Å². The van der Waals surface area contributed by atoms with E-state index in [1.54, 1.807) is 6.07 Å². The number of fused-ring (bicyclic) bond motifs is 1. The van der Waals surface area contributed by atoms with Crippen LogP contribution in [0.5, 0.6) is 17.2 Å². The summed E-state index contributed by atoms with van der Waals surface area (Å²) < 4.78 is 25.3. The van der Waals surface area contributed by atoms with Crippen LogP contribution in [0.4, 0.5) is 0 Å². The Morgan fingerprint density at radius 2 is 1.25 bits per heavy atom. The van der Waals surface area contributed by atoms with Gasteiger partial charge in [0.05, 0.1) is 6.61 Å². The van der Waals surface area contributed by atoms with E-state index >= 15 is 0 Å². The van der Waals surface area contributed by atoms with Gasteiger partial charge in [0.1, 0.15) is 29.9 Å². The number of hydrogen-bond donors (Lipinski definition) is 0. The van der Waals surface area contributed by atoms with Crippen LogP contribution in [0.25, 0.3) is 22.3 Å². The second-order valence-corrected chi connectivity index (χ2v) is 9.70. The predicted octanol–water partition coefficient (Wildman–Crippen LogP) is 8.58. The first-order valence-electron chi connectivity index (χ1n) is 13.9. The van der Waals surface area contributed by atoms with Crippen LogP contribution in [0.2, 0.25) is 0 Å². The fraction of sp³-hybridized carbons (Fsp3) is 0.229. The van der Waals surface area contributed by atoms with E-state index in [0.717, 1.165) is 42.4 Å². The first-order valence-corrected chi connectivity index (χ1v) is 13.9. The van der Waals surface area contributed by atoms with Gasteiger partial charge in [-0.05, 0) is 17.5 Å². The summed E-state index contributed by atoms with van der Waals surface area (Å²) in [6.45, 7) is 3.27. The van der Waals surface area contributed by atoms with E-state index in [0.29, 0.717) is 47.2 Å². The van der Waals surface area contributed by atoms with Gasteiger partial charge >= 0.3 is 0 Å². The summed E-state index contributed by atoms with van der Waals surface area (Å²) in [4.78, 5) is 13.6. The van der Waals surface area contributed by atoms with Crippen molar-refractivity contribution in [3.8, 4) is 28.6 Å². The molecule has 0 spiro atoms. The molecule has 4 aromatic carbocycles. The fourth-order valence-electron chi connectivity index (χ4n) is 4.54. The number of hydrogen-bond acceptors (Lipinski definition) is 5. The maximum atomic E-state index is 13.6. The average molecular weight is 535 g/mol. The Kier molecular flexibility index (Phi) is 9.15. The molecule has 0 saturated carbocycles. The van der Waals surface area contributed by atoms with Crippen molar-refractivity contribution >= 4 is 11.0 Å². The molecule has 40 heavy (non-hydrogen) atoms. The number of ether oxygens (including phenoxy) is 3. The highest BCUT2D eigenvalue weighted by molar-refractivity contribution is 5.90. The molecule has 0 aliphatic rings. The van der Waals surface area contributed by atoms with Crippen LogP contribution in [0.1, 0.15) is 43.7 Å². The average Bonchev–Trinajstić information content (AvgIpc) is 3.00. The molecule has 0 amide bonds.